The molecule has 3 aromatic rings. The van der Waals surface area contributed by atoms with E-state index in [1.165, 1.54) is 28.7 Å². The van der Waals surface area contributed by atoms with Gasteiger partial charge in [-0.1, -0.05) is 24.3 Å². The Kier molecular flexibility index (Phi) is 3.45. The van der Waals surface area contributed by atoms with Crippen LogP contribution in [0.3, 0.4) is 0 Å². The van der Waals surface area contributed by atoms with Gasteiger partial charge in [-0.05, 0) is 24.6 Å². The molecule has 3 rings (SSSR count). The first kappa shape index (κ1) is 13.1. The summed E-state index contributed by atoms with van der Waals surface area (Å²) in [5.41, 5.74) is 0. The Morgan fingerprint density at radius 1 is 1.35 bits per heavy atom. The van der Waals surface area contributed by atoms with Gasteiger partial charge in [0.1, 0.15) is 10.8 Å². The van der Waals surface area contributed by atoms with Crippen molar-refractivity contribution in [3.8, 4) is 0 Å². The minimum absolute atomic E-state index is 0.288. The summed E-state index contributed by atoms with van der Waals surface area (Å²) in [6, 6.07) is 6.37. The highest BCUT2D eigenvalue weighted by molar-refractivity contribution is 7.21. The van der Waals surface area contributed by atoms with E-state index in [-0.39, 0.29) is 11.7 Å². The number of nitrogens with one attached hydrogen (secondary N) is 1. The maximum Gasteiger partial charge on any atom is 0.267 e. The molecule has 0 saturated carbocycles. The second kappa shape index (κ2) is 5.26. The number of carbonyl (C=O) groups excluding carboxylic acids is 1. The smallest absolute Gasteiger partial charge is 0.267 e. The summed E-state index contributed by atoms with van der Waals surface area (Å²) < 4.78 is 14.3. The summed E-state index contributed by atoms with van der Waals surface area (Å²) in [6.07, 6.45) is 0.779. The van der Waals surface area contributed by atoms with E-state index in [2.05, 4.69) is 15.5 Å². The van der Waals surface area contributed by atoms with Crippen molar-refractivity contribution in [3.63, 3.8) is 0 Å². The lowest BCUT2D eigenvalue weighted by Crippen LogP contribution is -2.09. The first-order chi connectivity index (χ1) is 9.67. The molecule has 0 unspecified atom stereocenters. The lowest BCUT2D eigenvalue weighted by molar-refractivity contribution is 0.103. The van der Waals surface area contributed by atoms with Crippen molar-refractivity contribution in [2.45, 2.75) is 13.3 Å². The van der Waals surface area contributed by atoms with Gasteiger partial charge in [0.2, 0.25) is 5.13 Å². The Hall–Kier alpha value is -1.86. The van der Waals surface area contributed by atoms with E-state index in [4.69, 9.17) is 0 Å². The molecule has 7 heteroatoms. The van der Waals surface area contributed by atoms with Gasteiger partial charge in [-0.2, -0.15) is 0 Å². The number of rotatable bonds is 3. The molecule has 0 fully saturated rings. The molecule has 0 atom stereocenters. The number of carbonyl (C=O) groups is 1. The standard InChI is InChI=1S/C13H10FN3OS2/c1-2-11-16-17-13(20-11)15-12(18)10-6-7-8(14)4-3-5-9(7)19-10/h3-6H,2H2,1H3,(H,15,17,18). The molecule has 0 radical (unpaired) electrons. The fourth-order valence-electron chi connectivity index (χ4n) is 1.74. The number of benzene rings is 1. The van der Waals surface area contributed by atoms with Crippen molar-refractivity contribution in [1.82, 2.24) is 10.2 Å². The summed E-state index contributed by atoms with van der Waals surface area (Å²) in [5, 5.41) is 12.3. The van der Waals surface area contributed by atoms with Crippen LogP contribution in [0.1, 0.15) is 21.6 Å². The number of halogens is 1. The van der Waals surface area contributed by atoms with Gasteiger partial charge in [0, 0.05) is 10.1 Å². The monoisotopic (exact) mass is 307 g/mol. The molecule has 0 bridgehead atoms. The minimum atomic E-state index is -0.318. The van der Waals surface area contributed by atoms with Crippen LogP contribution in [-0.2, 0) is 6.42 Å². The molecule has 0 saturated heterocycles. The number of hydrogen-bond donors (Lipinski definition) is 1. The molecule has 2 aromatic heterocycles. The Morgan fingerprint density at radius 3 is 2.90 bits per heavy atom. The van der Waals surface area contributed by atoms with Gasteiger partial charge in [0.05, 0.1) is 4.88 Å². The number of anilines is 1. The molecule has 1 N–H and O–H groups in total. The summed E-state index contributed by atoms with van der Waals surface area (Å²) in [6.45, 7) is 1.97. The maximum atomic E-state index is 13.6. The maximum absolute atomic E-state index is 13.6. The van der Waals surface area contributed by atoms with Crippen LogP contribution in [0.2, 0.25) is 0 Å². The first-order valence-corrected chi connectivity index (χ1v) is 7.62. The molecule has 20 heavy (non-hydrogen) atoms. The van der Waals surface area contributed by atoms with Crippen molar-refractivity contribution in [1.29, 1.82) is 0 Å². The highest BCUT2D eigenvalue weighted by atomic mass is 32.1. The molecule has 1 amide bonds. The Bertz CT molecular complexity index is 781. The number of hydrogen-bond acceptors (Lipinski definition) is 5. The molecule has 2 heterocycles. The third-order valence-corrected chi connectivity index (χ3v) is 4.80. The molecule has 4 nitrogen and oxygen atoms in total. The number of fused-ring (bicyclic) bond motifs is 1. The van der Waals surface area contributed by atoms with Gasteiger partial charge < -0.3 is 0 Å². The molecule has 0 aliphatic carbocycles. The first-order valence-electron chi connectivity index (χ1n) is 5.99. The zero-order valence-corrected chi connectivity index (χ0v) is 12.1. The van der Waals surface area contributed by atoms with Crippen LogP contribution in [0.15, 0.2) is 24.3 Å². The number of aromatic nitrogens is 2. The van der Waals surface area contributed by atoms with E-state index in [1.54, 1.807) is 18.2 Å². The average Bonchev–Trinajstić information content (AvgIpc) is 3.05. The summed E-state index contributed by atoms with van der Waals surface area (Å²) >= 11 is 2.60. The van der Waals surface area contributed by atoms with E-state index >= 15 is 0 Å². The minimum Gasteiger partial charge on any atom is -0.296 e. The van der Waals surface area contributed by atoms with Crippen molar-refractivity contribution >= 4 is 43.8 Å². The van der Waals surface area contributed by atoms with Crippen LogP contribution in [0.5, 0.6) is 0 Å². The van der Waals surface area contributed by atoms with E-state index in [9.17, 15) is 9.18 Å². The molecule has 1 aromatic carbocycles. The van der Waals surface area contributed by atoms with Gasteiger partial charge >= 0.3 is 0 Å². The predicted octanol–water partition coefficient (Wildman–Crippen LogP) is 3.71. The van der Waals surface area contributed by atoms with Crippen molar-refractivity contribution in [3.05, 3.63) is 40.0 Å². The third-order valence-electron chi connectivity index (χ3n) is 2.72. The molecule has 0 aliphatic heterocycles. The van der Waals surface area contributed by atoms with Gasteiger partial charge in [0.25, 0.3) is 5.91 Å². The van der Waals surface area contributed by atoms with Gasteiger partial charge in [0.15, 0.2) is 0 Å². The van der Waals surface area contributed by atoms with Crippen LogP contribution < -0.4 is 5.32 Å². The number of nitrogens with zero attached hydrogens (tertiary/aromatic N) is 2. The van der Waals surface area contributed by atoms with Gasteiger partial charge in [-0.15, -0.1) is 21.5 Å². The molecule has 102 valence electrons. The third kappa shape index (κ3) is 2.41. The van der Waals surface area contributed by atoms with Crippen LogP contribution >= 0.6 is 22.7 Å². The van der Waals surface area contributed by atoms with E-state index < -0.39 is 0 Å². The zero-order chi connectivity index (χ0) is 14.1. The Balaban J connectivity index is 1.86. The Morgan fingerprint density at radius 2 is 2.20 bits per heavy atom. The van der Waals surface area contributed by atoms with E-state index in [1.807, 2.05) is 6.92 Å². The SMILES string of the molecule is CCc1nnc(NC(=O)c2cc3c(F)cccc3s2)s1. The summed E-state index contributed by atoms with van der Waals surface area (Å²) in [4.78, 5) is 12.6. The highest BCUT2D eigenvalue weighted by Gasteiger charge is 2.14. The molecule has 0 aliphatic rings. The zero-order valence-electron chi connectivity index (χ0n) is 10.5. The lowest BCUT2D eigenvalue weighted by atomic mass is 10.2. The largest absolute Gasteiger partial charge is 0.296 e. The number of amides is 1. The van der Waals surface area contributed by atoms with Crippen molar-refractivity contribution < 1.29 is 9.18 Å². The van der Waals surface area contributed by atoms with Crippen molar-refractivity contribution in [2.75, 3.05) is 5.32 Å². The average molecular weight is 307 g/mol. The fraction of sp³-hybridized carbons (Fsp3) is 0.154. The van der Waals surface area contributed by atoms with E-state index in [0.717, 1.165) is 16.1 Å². The van der Waals surface area contributed by atoms with Crippen LogP contribution in [0.25, 0.3) is 10.1 Å². The van der Waals surface area contributed by atoms with Gasteiger partial charge in [-0.25, -0.2) is 4.39 Å². The molecular formula is C13H10FN3OS2. The van der Waals surface area contributed by atoms with Crippen LogP contribution in [-0.4, -0.2) is 16.1 Å². The van der Waals surface area contributed by atoms with Gasteiger partial charge in [-0.3, -0.25) is 10.1 Å². The normalized spacial score (nSPS) is 10.9. The fourth-order valence-corrected chi connectivity index (χ4v) is 3.39. The van der Waals surface area contributed by atoms with Crippen LogP contribution in [0.4, 0.5) is 9.52 Å². The number of aryl methyl sites for hydroxylation is 1. The number of thiophene rings is 1. The second-order valence-corrected chi connectivity index (χ2v) is 6.22. The van der Waals surface area contributed by atoms with Crippen molar-refractivity contribution in [2.24, 2.45) is 0 Å². The second-order valence-electron chi connectivity index (χ2n) is 4.07. The molecular weight excluding hydrogens is 297 g/mol. The summed E-state index contributed by atoms with van der Waals surface area (Å²) in [7, 11) is 0. The highest BCUT2D eigenvalue weighted by Crippen LogP contribution is 2.28. The topological polar surface area (TPSA) is 54.9 Å². The predicted molar refractivity (Wildman–Crippen MR) is 79.0 cm³/mol. The quantitative estimate of drug-likeness (QED) is 0.802. The Labute approximate surface area is 122 Å². The lowest BCUT2D eigenvalue weighted by Gasteiger charge is -1.96. The van der Waals surface area contributed by atoms with E-state index in [0.29, 0.717) is 15.4 Å². The summed E-state index contributed by atoms with van der Waals surface area (Å²) in [5.74, 6) is -0.605. The molecule has 0 spiro atoms. The van der Waals surface area contributed by atoms with Crippen LogP contribution in [0, 0.1) is 5.82 Å².